The van der Waals surface area contributed by atoms with E-state index in [4.69, 9.17) is 4.74 Å². The quantitative estimate of drug-likeness (QED) is 0.714. The molecule has 0 N–H and O–H groups in total. The van der Waals surface area contributed by atoms with Gasteiger partial charge in [0.1, 0.15) is 0 Å². The minimum Gasteiger partial charge on any atom is -0.376 e. The molecule has 0 saturated carbocycles. The molecule has 0 radical (unpaired) electrons. The molecule has 3 rings (SSSR count). The highest BCUT2D eigenvalue weighted by Gasteiger charge is 2.19. The molecule has 1 heteroatoms. The predicted molar refractivity (Wildman–Crippen MR) is 92.7 cm³/mol. The Labute approximate surface area is 133 Å². The van der Waals surface area contributed by atoms with Crippen LogP contribution in [-0.4, -0.2) is 13.2 Å². The van der Waals surface area contributed by atoms with Gasteiger partial charge in [-0.3, -0.25) is 0 Å². The fourth-order valence-corrected chi connectivity index (χ4v) is 2.78. The lowest BCUT2D eigenvalue weighted by molar-refractivity contribution is 0.195. The monoisotopic (exact) mass is 290 g/mol. The zero-order valence-corrected chi connectivity index (χ0v) is 13.0. The summed E-state index contributed by atoms with van der Waals surface area (Å²) in [6, 6.07) is 21.1. The maximum absolute atomic E-state index is 5.66. The van der Waals surface area contributed by atoms with Crippen LogP contribution >= 0.6 is 0 Å². The van der Waals surface area contributed by atoms with Crippen molar-refractivity contribution in [3.05, 3.63) is 89.5 Å². The van der Waals surface area contributed by atoms with Gasteiger partial charge in [0.25, 0.3) is 0 Å². The first-order valence-corrected chi connectivity index (χ1v) is 7.89. The Kier molecular flexibility index (Phi) is 4.87. The van der Waals surface area contributed by atoms with Gasteiger partial charge in [0.2, 0.25) is 0 Å². The lowest BCUT2D eigenvalue weighted by Gasteiger charge is -2.09. The van der Waals surface area contributed by atoms with Gasteiger partial charge >= 0.3 is 0 Å². The van der Waals surface area contributed by atoms with E-state index >= 15 is 0 Å². The maximum Gasteiger partial charge on any atom is 0.0687 e. The largest absolute Gasteiger partial charge is 0.376 e. The Morgan fingerprint density at radius 3 is 2.41 bits per heavy atom. The van der Waals surface area contributed by atoms with Gasteiger partial charge in [-0.2, -0.15) is 0 Å². The molecule has 0 aliphatic carbocycles. The van der Waals surface area contributed by atoms with Crippen molar-refractivity contribution in [2.45, 2.75) is 12.8 Å². The molecule has 1 saturated heterocycles. The number of allylic oxidation sites excluding steroid dienone is 1. The van der Waals surface area contributed by atoms with Gasteiger partial charge in [-0.25, -0.2) is 0 Å². The van der Waals surface area contributed by atoms with Gasteiger partial charge in [0, 0.05) is 5.92 Å². The smallest absolute Gasteiger partial charge is 0.0687 e. The molecule has 1 heterocycles. The van der Waals surface area contributed by atoms with Gasteiger partial charge < -0.3 is 4.74 Å². The van der Waals surface area contributed by atoms with E-state index in [0.717, 1.165) is 13.2 Å². The molecule has 112 valence electrons. The summed E-state index contributed by atoms with van der Waals surface area (Å²) in [4.78, 5) is 0. The van der Waals surface area contributed by atoms with Crippen molar-refractivity contribution in [1.82, 2.24) is 0 Å². The first-order chi connectivity index (χ1) is 10.8. The van der Waals surface area contributed by atoms with Crippen LogP contribution in [0.3, 0.4) is 0 Å². The summed E-state index contributed by atoms with van der Waals surface area (Å²) < 4.78 is 5.66. The van der Waals surface area contributed by atoms with Crippen molar-refractivity contribution in [1.29, 1.82) is 0 Å². The van der Waals surface area contributed by atoms with E-state index in [1.165, 1.54) is 16.7 Å². The third-order valence-electron chi connectivity index (χ3n) is 4.15. The minimum atomic E-state index is 0.395. The topological polar surface area (TPSA) is 9.23 Å². The van der Waals surface area contributed by atoms with Gasteiger partial charge in [0.05, 0.1) is 13.2 Å². The van der Waals surface area contributed by atoms with Gasteiger partial charge in [0.15, 0.2) is 0 Å². The summed E-state index contributed by atoms with van der Waals surface area (Å²) in [6.45, 7) is 3.77. The van der Waals surface area contributed by atoms with Crippen LogP contribution in [0.2, 0.25) is 0 Å². The second kappa shape index (κ2) is 7.24. The summed E-state index contributed by atoms with van der Waals surface area (Å²) in [7, 11) is 0. The highest BCUT2D eigenvalue weighted by molar-refractivity contribution is 5.54. The zero-order chi connectivity index (χ0) is 15.2. The van der Waals surface area contributed by atoms with Crippen LogP contribution < -0.4 is 0 Å². The molecule has 0 bridgehead atoms. The van der Waals surface area contributed by atoms with Crippen LogP contribution in [-0.2, 0) is 4.74 Å². The van der Waals surface area contributed by atoms with E-state index in [9.17, 15) is 0 Å². The van der Waals surface area contributed by atoms with Crippen LogP contribution in [0.25, 0.3) is 6.08 Å². The SMILES string of the molecule is CC(/C=C/C1COC/C1=C/c1ccccc1)c1ccccc1. The van der Waals surface area contributed by atoms with E-state index in [1.54, 1.807) is 0 Å². The molecule has 1 fully saturated rings. The van der Waals surface area contributed by atoms with E-state index in [0.29, 0.717) is 11.8 Å². The molecule has 2 atom stereocenters. The molecule has 0 amide bonds. The van der Waals surface area contributed by atoms with E-state index in [1.807, 2.05) is 6.07 Å². The number of hydrogen-bond acceptors (Lipinski definition) is 1. The molecule has 22 heavy (non-hydrogen) atoms. The van der Waals surface area contributed by atoms with Crippen molar-refractivity contribution in [3.63, 3.8) is 0 Å². The van der Waals surface area contributed by atoms with Gasteiger partial charge in [-0.15, -0.1) is 0 Å². The fraction of sp³-hybridized carbons (Fsp3) is 0.238. The molecule has 1 nitrogen and oxygen atoms in total. The lowest BCUT2D eigenvalue weighted by atomic mass is 9.95. The van der Waals surface area contributed by atoms with Crippen molar-refractivity contribution in [2.75, 3.05) is 13.2 Å². The average molecular weight is 290 g/mol. The molecule has 1 aliphatic heterocycles. The number of ether oxygens (including phenoxy) is 1. The van der Waals surface area contributed by atoms with E-state index < -0.39 is 0 Å². The molecule has 2 unspecified atom stereocenters. The molecule has 0 spiro atoms. The summed E-state index contributed by atoms with van der Waals surface area (Å²) in [5, 5.41) is 0. The molecule has 2 aromatic carbocycles. The predicted octanol–water partition coefficient (Wildman–Crippen LogP) is 5.08. The van der Waals surface area contributed by atoms with Crippen LogP contribution in [0.15, 0.2) is 78.4 Å². The number of benzene rings is 2. The van der Waals surface area contributed by atoms with Crippen molar-refractivity contribution < 1.29 is 4.74 Å². The van der Waals surface area contributed by atoms with Crippen molar-refractivity contribution >= 4 is 6.08 Å². The highest BCUT2D eigenvalue weighted by Crippen LogP contribution is 2.25. The van der Waals surface area contributed by atoms with E-state index in [2.05, 4.69) is 79.7 Å². The molecule has 0 aromatic heterocycles. The second-order valence-corrected chi connectivity index (χ2v) is 5.84. The molecular weight excluding hydrogens is 268 g/mol. The van der Waals surface area contributed by atoms with Gasteiger partial charge in [-0.1, -0.05) is 85.8 Å². The Balaban J connectivity index is 1.71. The third kappa shape index (κ3) is 3.75. The fourth-order valence-electron chi connectivity index (χ4n) is 2.78. The van der Waals surface area contributed by atoms with Crippen LogP contribution in [0.4, 0.5) is 0 Å². The number of rotatable bonds is 4. The summed E-state index contributed by atoms with van der Waals surface area (Å²) >= 11 is 0. The van der Waals surface area contributed by atoms with Crippen molar-refractivity contribution in [3.8, 4) is 0 Å². The Bertz CT molecular complexity index is 640. The van der Waals surface area contributed by atoms with Crippen LogP contribution in [0.5, 0.6) is 0 Å². The van der Waals surface area contributed by atoms with Gasteiger partial charge in [-0.05, 0) is 22.6 Å². The first kappa shape index (κ1) is 14.8. The number of hydrogen-bond donors (Lipinski definition) is 0. The highest BCUT2D eigenvalue weighted by atomic mass is 16.5. The molecular formula is C21H22O. The first-order valence-electron chi connectivity index (χ1n) is 7.89. The molecule has 2 aromatic rings. The third-order valence-corrected chi connectivity index (χ3v) is 4.15. The average Bonchev–Trinajstić information content (AvgIpc) is 3.01. The minimum absolute atomic E-state index is 0.395. The lowest BCUT2D eigenvalue weighted by Crippen LogP contribution is -1.99. The Morgan fingerprint density at radius 2 is 1.68 bits per heavy atom. The Morgan fingerprint density at radius 1 is 1.00 bits per heavy atom. The van der Waals surface area contributed by atoms with Crippen LogP contribution in [0.1, 0.15) is 24.0 Å². The summed E-state index contributed by atoms with van der Waals surface area (Å²) in [6.07, 6.45) is 6.86. The molecule has 1 aliphatic rings. The normalized spacial score (nSPS) is 21.5. The summed E-state index contributed by atoms with van der Waals surface area (Å²) in [5.41, 5.74) is 3.96. The standard InChI is InChI=1S/C21H22O/c1-17(19-10-6-3-7-11-19)12-13-20-15-22-16-21(20)14-18-8-4-2-5-9-18/h2-14,17,20H,15-16H2,1H3/b13-12+,21-14-. The van der Waals surface area contributed by atoms with Crippen LogP contribution in [0, 0.1) is 5.92 Å². The second-order valence-electron chi connectivity index (χ2n) is 5.84. The maximum atomic E-state index is 5.66. The van der Waals surface area contributed by atoms with E-state index in [-0.39, 0.29) is 0 Å². The summed E-state index contributed by atoms with van der Waals surface area (Å²) in [5.74, 6) is 0.825. The zero-order valence-electron chi connectivity index (χ0n) is 13.0. The van der Waals surface area contributed by atoms with Crippen molar-refractivity contribution in [2.24, 2.45) is 5.92 Å². The Hall–Kier alpha value is -2.12.